The van der Waals surface area contributed by atoms with E-state index < -0.39 is 5.54 Å². The summed E-state index contributed by atoms with van der Waals surface area (Å²) in [4.78, 5) is 21.6. The summed E-state index contributed by atoms with van der Waals surface area (Å²) in [6.07, 6.45) is 1.88. The largest absolute Gasteiger partial charge is 0.282 e. The molecule has 0 fully saturated rings. The highest BCUT2D eigenvalue weighted by molar-refractivity contribution is 6.24. The molecule has 6 aromatic carbocycles. The van der Waals surface area contributed by atoms with Crippen LogP contribution in [0.3, 0.4) is 0 Å². The van der Waals surface area contributed by atoms with Gasteiger partial charge in [-0.05, 0) is 104 Å². The van der Waals surface area contributed by atoms with Gasteiger partial charge in [-0.15, -0.1) is 0 Å². The highest BCUT2D eigenvalue weighted by Crippen LogP contribution is 2.54. The van der Waals surface area contributed by atoms with Crippen molar-refractivity contribution in [2.45, 2.75) is 47.1 Å². The quantitative estimate of drug-likeness (QED) is 0.186. The molecule has 244 valence electrons. The van der Waals surface area contributed by atoms with E-state index in [1.54, 1.807) is 0 Å². The van der Waals surface area contributed by atoms with Crippen molar-refractivity contribution >= 4 is 22.5 Å². The maximum Gasteiger partial charge on any atom is 0.260 e. The molecule has 1 amide bonds. The van der Waals surface area contributed by atoms with E-state index in [4.69, 9.17) is 4.98 Å². The van der Waals surface area contributed by atoms with Gasteiger partial charge in [0.15, 0.2) is 0 Å². The van der Waals surface area contributed by atoms with Gasteiger partial charge in [0.25, 0.3) is 5.91 Å². The van der Waals surface area contributed by atoms with Crippen LogP contribution >= 0.6 is 0 Å². The van der Waals surface area contributed by atoms with Gasteiger partial charge in [-0.1, -0.05) is 138 Å². The van der Waals surface area contributed by atoms with Crippen molar-refractivity contribution in [1.29, 1.82) is 0 Å². The first-order valence-electron chi connectivity index (χ1n) is 17.3. The number of pyridine rings is 1. The molecule has 1 aliphatic heterocycles. The van der Waals surface area contributed by atoms with Crippen molar-refractivity contribution in [3.63, 3.8) is 0 Å². The van der Waals surface area contributed by atoms with E-state index in [9.17, 15) is 4.79 Å². The molecule has 0 spiro atoms. The second-order valence-corrected chi connectivity index (χ2v) is 14.3. The van der Waals surface area contributed by atoms with E-state index in [2.05, 4.69) is 151 Å². The lowest BCUT2D eigenvalue weighted by Crippen LogP contribution is -2.40. The molecule has 1 aromatic heterocycles. The van der Waals surface area contributed by atoms with E-state index in [0.717, 1.165) is 66.4 Å². The summed E-state index contributed by atoms with van der Waals surface area (Å²) in [6.45, 7) is 12.8. The lowest BCUT2D eigenvalue weighted by Gasteiger charge is -2.34. The van der Waals surface area contributed by atoms with Crippen LogP contribution in [0.2, 0.25) is 0 Å². The number of benzene rings is 6. The molecule has 0 atom stereocenters. The van der Waals surface area contributed by atoms with E-state index in [1.807, 2.05) is 29.3 Å². The molecule has 2 heterocycles. The van der Waals surface area contributed by atoms with Crippen molar-refractivity contribution in [1.82, 2.24) is 4.98 Å². The fraction of sp³-hybridized carbons (Fsp3) is 0.149. The number of anilines is 1. The van der Waals surface area contributed by atoms with Crippen molar-refractivity contribution in [3.05, 3.63) is 167 Å². The Balaban J connectivity index is 1.62. The first-order valence-corrected chi connectivity index (χ1v) is 17.3. The number of hydrogen-bond acceptors (Lipinski definition) is 2. The van der Waals surface area contributed by atoms with Gasteiger partial charge in [-0.2, -0.15) is 0 Å². The minimum Gasteiger partial charge on any atom is -0.282 e. The van der Waals surface area contributed by atoms with Crippen LogP contribution in [-0.2, 0) is 5.54 Å². The molecule has 0 saturated carbocycles. The Morgan fingerprint density at radius 2 is 0.920 bits per heavy atom. The Morgan fingerprint density at radius 3 is 1.40 bits per heavy atom. The van der Waals surface area contributed by atoms with Gasteiger partial charge in [0, 0.05) is 22.7 Å². The lowest BCUT2D eigenvalue weighted by atomic mass is 9.78. The van der Waals surface area contributed by atoms with Gasteiger partial charge in [-0.25, -0.2) is 4.98 Å². The minimum atomic E-state index is -0.622. The lowest BCUT2D eigenvalue weighted by molar-refractivity contribution is 0.0981. The number of hydrogen-bond donors (Lipinski definition) is 0. The van der Waals surface area contributed by atoms with Gasteiger partial charge in [0.05, 0.1) is 5.54 Å². The molecule has 0 saturated heterocycles. The molecule has 3 heteroatoms. The zero-order valence-corrected chi connectivity index (χ0v) is 29.5. The maximum atomic E-state index is 14.5. The Hall–Kier alpha value is -5.80. The van der Waals surface area contributed by atoms with Crippen molar-refractivity contribution in [3.8, 4) is 44.5 Å². The summed E-state index contributed by atoms with van der Waals surface area (Å²) in [5, 5.41) is 2.02. The molecule has 0 aliphatic carbocycles. The number of carbonyl (C=O) groups excluding carboxylic acids is 1. The minimum absolute atomic E-state index is 0.0307. The summed E-state index contributed by atoms with van der Waals surface area (Å²) >= 11 is 0. The predicted octanol–water partition coefficient (Wildman–Crippen LogP) is 12.0. The standard InChI is InChI=1S/C47H40N2O/c1-29-11-19-33(20-12-29)40-38-27-28-48-45(49-46(50)37-9-7-8-10-39(37)47(49,5)6)44(38)43(36-25-17-32(4)18-26-36)42(35-23-15-31(3)16-24-35)41(40)34-21-13-30(2)14-22-34/h7-28H,1-6H3. The molecule has 50 heavy (non-hydrogen) atoms. The molecule has 1 aliphatic rings. The van der Waals surface area contributed by atoms with Crippen molar-refractivity contribution in [2.75, 3.05) is 4.90 Å². The molecular formula is C47H40N2O. The second-order valence-electron chi connectivity index (χ2n) is 14.3. The van der Waals surface area contributed by atoms with Crippen molar-refractivity contribution < 1.29 is 4.79 Å². The van der Waals surface area contributed by atoms with Gasteiger partial charge in [0.1, 0.15) is 5.82 Å². The number of aromatic nitrogens is 1. The van der Waals surface area contributed by atoms with E-state index in [0.29, 0.717) is 5.82 Å². The van der Waals surface area contributed by atoms with Gasteiger partial charge < -0.3 is 0 Å². The number of rotatable bonds is 5. The number of aryl methyl sites for hydroxylation is 4. The molecule has 0 radical (unpaired) electrons. The highest BCUT2D eigenvalue weighted by Gasteiger charge is 2.45. The van der Waals surface area contributed by atoms with E-state index in [-0.39, 0.29) is 5.91 Å². The fourth-order valence-electron chi connectivity index (χ4n) is 7.69. The zero-order valence-electron chi connectivity index (χ0n) is 29.5. The summed E-state index contributed by atoms with van der Waals surface area (Å²) in [6, 6.07) is 45.5. The van der Waals surface area contributed by atoms with Gasteiger partial charge >= 0.3 is 0 Å². The number of carbonyl (C=O) groups is 1. The van der Waals surface area contributed by atoms with Crippen LogP contribution in [0, 0.1) is 27.7 Å². The van der Waals surface area contributed by atoms with Crippen LogP contribution < -0.4 is 4.90 Å². The average molecular weight is 649 g/mol. The van der Waals surface area contributed by atoms with Crippen LogP contribution in [-0.4, -0.2) is 10.9 Å². The first kappa shape index (κ1) is 31.5. The SMILES string of the molecule is Cc1ccc(-c2c(-c3ccc(C)cc3)c(-c3ccc(C)cc3)c3c(N4C(=O)c5ccccc5C4(C)C)nccc3c2-c2ccc(C)cc2)cc1. The molecule has 7 aromatic rings. The molecule has 0 N–H and O–H groups in total. The third kappa shape index (κ3) is 5.04. The smallest absolute Gasteiger partial charge is 0.260 e. The Morgan fingerprint density at radius 1 is 0.500 bits per heavy atom. The zero-order chi connectivity index (χ0) is 34.7. The van der Waals surface area contributed by atoms with Crippen LogP contribution in [0.1, 0.15) is 52.0 Å². The van der Waals surface area contributed by atoms with Crippen LogP contribution in [0.4, 0.5) is 5.82 Å². The molecule has 0 bridgehead atoms. The Labute approximate surface area is 294 Å². The third-order valence-corrected chi connectivity index (χ3v) is 10.4. The molecular weight excluding hydrogens is 609 g/mol. The predicted molar refractivity (Wildman–Crippen MR) is 209 cm³/mol. The van der Waals surface area contributed by atoms with Crippen LogP contribution in [0.25, 0.3) is 55.3 Å². The monoisotopic (exact) mass is 648 g/mol. The summed E-state index contributed by atoms with van der Waals surface area (Å²) in [5.74, 6) is 0.637. The topological polar surface area (TPSA) is 33.2 Å². The van der Waals surface area contributed by atoms with Crippen molar-refractivity contribution in [2.24, 2.45) is 0 Å². The third-order valence-electron chi connectivity index (χ3n) is 10.4. The molecule has 3 nitrogen and oxygen atoms in total. The van der Waals surface area contributed by atoms with Crippen LogP contribution in [0.5, 0.6) is 0 Å². The first-order chi connectivity index (χ1) is 24.1. The molecule has 0 unspecified atom stereocenters. The number of amides is 1. The van der Waals surface area contributed by atoms with E-state index >= 15 is 0 Å². The van der Waals surface area contributed by atoms with Gasteiger partial charge in [-0.3, -0.25) is 9.69 Å². The number of nitrogens with zero attached hydrogens (tertiary/aromatic N) is 2. The molecule has 8 rings (SSSR count). The van der Waals surface area contributed by atoms with E-state index in [1.165, 1.54) is 22.3 Å². The Kier molecular flexibility index (Phi) is 7.53. The second kappa shape index (κ2) is 12.0. The maximum absolute atomic E-state index is 14.5. The Bertz CT molecular complexity index is 2420. The highest BCUT2D eigenvalue weighted by atomic mass is 16.2. The number of fused-ring (bicyclic) bond motifs is 2. The normalized spacial score (nSPS) is 13.6. The van der Waals surface area contributed by atoms with Crippen LogP contribution in [0.15, 0.2) is 134 Å². The van der Waals surface area contributed by atoms with Gasteiger partial charge in [0.2, 0.25) is 0 Å². The summed E-state index contributed by atoms with van der Waals surface area (Å²) in [5.41, 5.74) is 14.8. The summed E-state index contributed by atoms with van der Waals surface area (Å²) in [7, 11) is 0. The summed E-state index contributed by atoms with van der Waals surface area (Å²) < 4.78 is 0. The fourth-order valence-corrected chi connectivity index (χ4v) is 7.69. The average Bonchev–Trinajstić information content (AvgIpc) is 3.32.